The van der Waals surface area contributed by atoms with Crippen molar-refractivity contribution in [2.45, 2.75) is 32.4 Å². The van der Waals surface area contributed by atoms with Crippen LogP contribution in [-0.2, 0) is 14.4 Å². The molecule has 0 saturated carbocycles. The molecule has 32 heavy (non-hydrogen) atoms. The molecule has 0 saturated heterocycles. The van der Waals surface area contributed by atoms with E-state index >= 15 is 0 Å². The quantitative estimate of drug-likeness (QED) is 0.528. The number of anilines is 2. The third-order valence-electron chi connectivity index (χ3n) is 5.46. The molecule has 4 N–H and O–H groups in total. The predicted octanol–water partition coefficient (Wildman–Crippen LogP) is 2.51. The lowest BCUT2D eigenvalue weighted by atomic mass is 9.97. The van der Waals surface area contributed by atoms with E-state index in [1.54, 1.807) is 61.5 Å². The summed E-state index contributed by atoms with van der Waals surface area (Å²) in [5.41, 5.74) is 1.43. The number of carboxylic acids is 1. The van der Waals surface area contributed by atoms with Crippen LogP contribution in [0, 0.1) is 5.92 Å². The first-order valence-corrected chi connectivity index (χ1v) is 10.4. The first kappa shape index (κ1) is 22.8. The molecule has 0 spiro atoms. The minimum Gasteiger partial charge on any atom is -0.479 e. The van der Waals surface area contributed by atoms with Crippen molar-refractivity contribution in [1.82, 2.24) is 10.6 Å². The SMILES string of the molecule is CC[C@@H](C)[C@H](NC(=O)N1CC(=O)Nc2ccccc21)C(=O)N[C@H](C(=O)O)c1ccccc1. The summed E-state index contributed by atoms with van der Waals surface area (Å²) in [5.74, 6) is -2.45. The van der Waals surface area contributed by atoms with Crippen molar-refractivity contribution < 1.29 is 24.3 Å². The Morgan fingerprint density at radius 1 is 1.06 bits per heavy atom. The number of benzene rings is 2. The summed E-state index contributed by atoms with van der Waals surface area (Å²) in [5, 5.41) is 17.6. The Hall–Kier alpha value is -3.88. The molecular weight excluding hydrogens is 412 g/mol. The van der Waals surface area contributed by atoms with E-state index in [1.807, 2.05) is 6.92 Å². The number of hydrogen-bond donors (Lipinski definition) is 4. The lowest BCUT2D eigenvalue weighted by Gasteiger charge is -2.32. The molecule has 2 aromatic rings. The smallest absolute Gasteiger partial charge is 0.330 e. The highest BCUT2D eigenvalue weighted by molar-refractivity contribution is 6.10. The maximum atomic E-state index is 13.1. The predicted molar refractivity (Wildman–Crippen MR) is 119 cm³/mol. The molecule has 0 fully saturated rings. The molecule has 1 aliphatic heterocycles. The Labute approximate surface area is 185 Å². The van der Waals surface area contributed by atoms with Crippen LogP contribution in [0.5, 0.6) is 0 Å². The molecule has 0 unspecified atom stereocenters. The number of rotatable bonds is 7. The van der Waals surface area contributed by atoms with Gasteiger partial charge < -0.3 is 21.1 Å². The maximum absolute atomic E-state index is 13.1. The lowest BCUT2D eigenvalue weighted by Crippen LogP contribution is -2.56. The van der Waals surface area contributed by atoms with Crippen molar-refractivity contribution >= 4 is 35.2 Å². The molecule has 0 bridgehead atoms. The van der Waals surface area contributed by atoms with Crippen LogP contribution < -0.4 is 20.9 Å². The monoisotopic (exact) mass is 438 g/mol. The van der Waals surface area contributed by atoms with Crippen LogP contribution in [0.1, 0.15) is 31.9 Å². The summed E-state index contributed by atoms with van der Waals surface area (Å²) in [6.45, 7) is 3.46. The molecule has 9 heteroatoms. The number of hydrogen-bond acceptors (Lipinski definition) is 4. The Kier molecular flexibility index (Phi) is 7.09. The topological polar surface area (TPSA) is 128 Å². The van der Waals surface area contributed by atoms with Gasteiger partial charge in [-0.15, -0.1) is 0 Å². The number of aliphatic carboxylic acids is 1. The van der Waals surface area contributed by atoms with Crippen LogP contribution in [-0.4, -0.2) is 41.5 Å². The molecule has 0 aliphatic carbocycles. The molecule has 3 rings (SSSR count). The van der Waals surface area contributed by atoms with Crippen LogP contribution in [0.4, 0.5) is 16.2 Å². The summed E-state index contributed by atoms with van der Waals surface area (Å²) in [6.07, 6.45) is 0.568. The standard InChI is InChI=1S/C23H26N4O5/c1-3-14(2)19(21(29)25-20(22(30)31)15-9-5-4-6-10-15)26-23(32)27-13-18(28)24-16-11-7-8-12-17(16)27/h4-12,14,19-20H,3,13H2,1-2H3,(H,24,28)(H,25,29)(H,26,32)(H,30,31)/t14-,19+,20+/m1/s1. The Morgan fingerprint density at radius 3 is 2.38 bits per heavy atom. The van der Waals surface area contributed by atoms with Gasteiger partial charge in [-0.25, -0.2) is 9.59 Å². The van der Waals surface area contributed by atoms with Gasteiger partial charge in [0.15, 0.2) is 6.04 Å². The molecule has 168 valence electrons. The summed E-state index contributed by atoms with van der Waals surface area (Å²) >= 11 is 0. The first-order chi connectivity index (χ1) is 15.3. The number of carbonyl (C=O) groups is 4. The molecule has 0 radical (unpaired) electrons. The van der Waals surface area contributed by atoms with Gasteiger partial charge in [-0.05, 0) is 23.6 Å². The normalized spacial score (nSPS) is 15.6. The Balaban J connectivity index is 1.81. The minimum atomic E-state index is -1.26. The van der Waals surface area contributed by atoms with Crippen molar-refractivity contribution in [2.24, 2.45) is 5.92 Å². The number of carbonyl (C=O) groups excluding carboxylic acids is 3. The van der Waals surface area contributed by atoms with Crippen LogP contribution in [0.3, 0.4) is 0 Å². The number of fused-ring (bicyclic) bond motifs is 1. The van der Waals surface area contributed by atoms with Crippen molar-refractivity contribution in [3.8, 4) is 0 Å². The fraction of sp³-hybridized carbons (Fsp3) is 0.304. The van der Waals surface area contributed by atoms with Gasteiger partial charge in [0.25, 0.3) is 0 Å². The molecule has 1 heterocycles. The summed E-state index contributed by atoms with van der Waals surface area (Å²) in [7, 11) is 0. The number of amides is 4. The number of carboxylic acid groups (broad SMARTS) is 1. The van der Waals surface area contributed by atoms with E-state index in [0.29, 0.717) is 23.4 Å². The first-order valence-electron chi connectivity index (χ1n) is 10.4. The molecule has 9 nitrogen and oxygen atoms in total. The van der Waals surface area contributed by atoms with E-state index < -0.39 is 30.0 Å². The molecule has 3 atom stereocenters. The van der Waals surface area contributed by atoms with Gasteiger partial charge in [0.2, 0.25) is 11.8 Å². The van der Waals surface area contributed by atoms with E-state index in [2.05, 4.69) is 16.0 Å². The second-order valence-electron chi connectivity index (χ2n) is 7.65. The van der Waals surface area contributed by atoms with Crippen molar-refractivity contribution in [3.05, 3.63) is 60.2 Å². The third kappa shape index (κ3) is 5.05. The second kappa shape index (κ2) is 9.95. The fourth-order valence-electron chi connectivity index (χ4n) is 3.49. The fourth-order valence-corrected chi connectivity index (χ4v) is 3.49. The van der Waals surface area contributed by atoms with E-state index in [4.69, 9.17) is 0 Å². The molecule has 1 aliphatic rings. The zero-order valence-electron chi connectivity index (χ0n) is 17.9. The summed E-state index contributed by atoms with van der Waals surface area (Å²) in [6, 6.07) is 12.3. The van der Waals surface area contributed by atoms with Crippen LogP contribution in [0.25, 0.3) is 0 Å². The highest BCUT2D eigenvalue weighted by atomic mass is 16.4. The maximum Gasteiger partial charge on any atom is 0.330 e. The van der Waals surface area contributed by atoms with Gasteiger partial charge in [-0.1, -0.05) is 62.7 Å². The summed E-state index contributed by atoms with van der Waals surface area (Å²) in [4.78, 5) is 51.2. The van der Waals surface area contributed by atoms with E-state index in [9.17, 15) is 24.3 Å². The van der Waals surface area contributed by atoms with Gasteiger partial charge in [-0.2, -0.15) is 0 Å². The van der Waals surface area contributed by atoms with Crippen LogP contribution >= 0.6 is 0 Å². The third-order valence-corrected chi connectivity index (χ3v) is 5.46. The number of nitrogens with zero attached hydrogens (tertiary/aromatic N) is 1. The average Bonchev–Trinajstić information content (AvgIpc) is 2.79. The molecule has 0 aromatic heterocycles. The van der Waals surface area contributed by atoms with Crippen LogP contribution in [0.2, 0.25) is 0 Å². The van der Waals surface area contributed by atoms with E-state index in [-0.39, 0.29) is 18.4 Å². The van der Waals surface area contributed by atoms with E-state index in [0.717, 1.165) is 0 Å². The summed E-state index contributed by atoms with van der Waals surface area (Å²) < 4.78 is 0. The zero-order chi connectivity index (χ0) is 23.3. The Bertz CT molecular complexity index is 1010. The molecule has 2 aromatic carbocycles. The number of para-hydroxylation sites is 2. The van der Waals surface area contributed by atoms with Gasteiger partial charge in [0, 0.05) is 0 Å². The molecular formula is C23H26N4O5. The second-order valence-corrected chi connectivity index (χ2v) is 7.65. The van der Waals surface area contributed by atoms with Crippen molar-refractivity contribution in [3.63, 3.8) is 0 Å². The molecule has 4 amide bonds. The lowest BCUT2D eigenvalue weighted by molar-refractivity contribution is -0.142. The van der Waals surface area contributed by atoms with Gasteiger partial charge in [0.05, 0.1) is 11.4 Å². The average molecular weight is 438 g/mol. The highest BCUT2D eigenvalue weighted by Crippen LogP contribution is 2.29. The largest absolute Gasteiger partial charge is 0.479 e. The Morgan fingerprint density at radius 2 is 1.72 bits per heavy atom. The number of nitrogens with one attached hydrogen (secondary N) is 3. The van der Waals surface area contributed by atoms with Gasteiger partial charge in [-0.3, -0.25) is 14.5 Å². The number of urea groups is 1. The van der Waals surface area contributed by atoms with Gasteiger partial charge in [0.1, 0.15) is 12.6 Å². The van der Waals surface area contributed by atoms with Crippen molar-refractivity contribution in [2.75, 3.05) is 16.8 Å². The van der Waals surface area contributed by atoms with E-state index in [1.165, 1.54) is 4.90 Å². The van der Waals surface area contributed by atoms with Crippen LogP contribution in [0.15, 0.2) is 54.6 Å². The minimum absolute atomic E-state index is 0.195. The van der Waals surface area contributed by atoms with Crippen molar-refractivity contribution in [1.29, 1.82) is 0 Å². The zero-order valence-corrected chi connectivity index (χ0v) is 17.9. The highest BCUT2D eigenvalue weighted by Gasteiger charge is 2.33. The van der Waals surface area contributed by atoms with Gasteiger partial charge >= 0.3 is 12.0 Å².